The normalized spacial score (nSPS) is 10.2. The Kier molecular flexibility index (Phi) is 4.18. The number of hydrogen-bond acceptors (Lipinski definition) is 5. The second kappa shape index (κ2) is 5.88. The summed E-state index contributed by atoms with van der Waals surface area (Å²) in [4.78, 5) is 26.5. The van der Waals surface area contributed by atoms with Gasteiger partial charge in [0.1, 0.15) is 11.5 Å². The van der Waals surface area contributed by atoms with E-state index >= 15 is 0 Å². The Labute approximate surface area is 128 Å². The minimum absolute atomic E-state index is 0.0355. The van der Waals surface area contributed by atoms with E-state index in [9.17, 15) is 14.9 Å². The SMILES string of the molecule is Cc1cc(Br)cnc1NC(=O)c1cccc([N+](=O)[O-])c1N. The van der Waals surface area contributed by atoms with Crippen LogP contribution in [0.5, 0.6) is 0 Å². The van der Waals surface area contributed by atoms with Crippen molar-refractivity contribution in [2.24, 2.45) is 0 Å². The molecule has 0 saturated heterocycles. The van der Waals surface area contributed by atoms with Crippen molar-refractivity contribution in [2.75, 3.05) is 11.1 Å². The predicted octanol–water partition coefficient (Wildman–Crippen LogP) is 2.90. The first-order valence-electron chi connectivity index (χ1n) is 5.86. The number of nitro benzene ring substituents is 1. The molecule has 1 amide bonds. The summed E-state index contributed by atoms with van der Waals surface area (Å²) in [6.07, 6.45) is 1.54. The molecule has 0 aliphatic carbocycles. The van der Waals surface area contributed by atoms with Gasteiger partial charge in [0, 0.05) is 16.7 Å². The number of nitrogen functional groups attached to an aromatic ring is 1. The lowest BCUT2D eigenvalue weighted by Crippen LogP contribution is -2.16. The lowest BCUT2D eigenvalue weighted by Gasteiger charge is -2.09. The van der Waals surface area contributed by atoms with Crippen molar-refractivity contribution in [2.45, 2.75) is 6.92 Å². The van der Waals surface area contributed by atoms with Crippen LogP contribution in [0.4, 0.5) is 17.2 Å². The molecule has 0 aliphatic rings. The van der Waals surface area contributed by atoms with E-state index in [-0.39, 0.29) is 16.9 Å². The third-order valence-corrected chi connectivity index (χ3v) is 3.23. The predicted molar refractivity (Wildman–Crippen MR) is 82.1 cm³/mol. The van der Waals surface area contributed by atoms with Gasteiger partial charge in [0.2, 0.25) is 0 Å². The fraction of sp³-hybridized carbons (Fsp3) is 0.0769. The monoisotopic (exact) mass is 350 g/mol. The maximum atomic E-state index is 12.2. The number of para-hydroxylation sites is 1. The van der Waals surface area contributed by atoms with Crippen molar-refractivity contribution in [3.63, 3.8) is 0 Å². The van der Waals surface area contributed by atoms with Crippen LogP contribution in [-0.2, 0) is 0 Å². The maximum absolute atomic E-state index is 12.2. The first-order valence-corrected chi connectivity index (χ1v) is 6.66. The Morgan fingerprint density at radius 2 is 2.19 bits per heavy atom. The minimum atomic E-state index is -0.630. The molecule has 2 aromatic rings. The van der Waals surface area contributed by atoms with Gasteiger partial charge < -0.3 is 11.1 Å². The summed E-state index contributed by atoms with van der Waals surface area (Å²) in [5.41, 5.74) is 5.98. The van der Waals surface area contributed by atoms with Crippen LogP contribution in [-0.4, -0.2) is 15.8 Å². The van der Waals surface area contributed by atoms with Crippen molar-refractivity contribution in [3.8, 4) is 0 Å². The number of nitrogens with one attached hydrogen (secondary N) is 1. The van der Waals surface area contributed by atoms with Gasteiger partial charge in [-0.1, -0.05) is 6.07 Å². The van der Waals surface area contributed by atoms with E-state index < -0.39 is 10.8 Å². The van der Waals surface area contributed by atoms with Crippen LogP contribution in [0, 0.1) is 17.0 Å². The number of amides is 1. The molecule has 21 heavy (non-hydrogen) atoms. The second-order valence-electron chi connectivity index (χ2n) is 4.27. The largest absolute Gasteiger partial charge is 0.393 e. The van der Waals surface area contributed by atoms with Gasteiger partial charge in [0.15, 0.2) is 0 Å². The molecular weight excluding hydrogens is 340 g/mol. The van der Waals surface area contributed by atoms with E-state index in [2.05, 4.69) is 26.2 Å². The molecule has 0 fully saturated rings. The number of pyridine rings is 1. The number of nitrogens with zero attached hydrogens (tertiary/aromatic N) is 2. The van der Waals surface area contributed by atoms with Crippen LogP contribution >= 0.6 is 15.9 Å². The molecule has 8 heteroatoms. The van der Waals surface area contributed by atoms with Crippen molar-refractivity contribution in [1.82, 2.24) is 4.98 Å². The molecule has 0 saturated carbocycles. The number of nitro groups is 1. The molecule has 7 nitrogen and oxygen atoms in total. The van der Waals surface area contributed by atoms with Crippen molar-refractivity contribution >= 4 is 39.0 Å². The fourth-order valence-electron chi connectivity index (χ4n) is 1.76. The van der Waals surface area contributed by atoms with Gasteiger partial charge in [-0.25, -0.2) is 4.98 Å². The van der Waals surface area contributed by atoms with Gasteiger partial charge in [0.05, 0.1) is 10.5 Å². The molecule has 0 atom stereocenters. The third-order valence-electron chi connectivity index (χ3n) is 2.80. The molecule has 108 valence electrons. The van der Waals surface area contributed by atoms with Gasteiger partial charge in [-0.3, -0.25) is 14.9 Å². The minimum Gasteiger partial charge on any atom is -0.393 e. The highest BCUT2D eigenvalue weighted by atomic mass is 79.9. The summed E-state index contributed by atoms with van der Waals surface area (Å²) in [6.45, 7) is 1.78. The standard InChI is InChI=1S/C13H11BrN4O3/c1-7-5-8(14)6-16-12(7)17-13(19)9-3-2-4-10(11(9)15)18(20)21/h2-6H,15H2,1H3,(H,16,17,19). The van der Waals surface area contributed by atoms with E-state index in [1.807, 2.05) is 0 Å². The molecule has 3 N–H and O–H groups in total. The number of benzene rings is 1. The molecule has 1 aromatic heterocycles. The highest BCUT2D eigenvalue weighted by Gasteiger charge is 2.19. The van der Waals surface area contributed by atoms with Gasteiger partial charge >= 0.3 is 0 Å². The van der Waals surface area contributed by atoms with Gasteiger partial charge in [-0.15, -0.1) is 0 Å². The van der Waals surface area contributed by atoms with E-state index in [1.165, 1.54) is 18.2 Å². The maximum Gasteiger partial charge on any atom is 0.292 e. The molecule has 0 spiro atoms. The molecular formula is C13H11BrN4O3. The Bertz CT molecular complexity index is 733. The van der Waals surface area contributed by atoms with Gasteiger partial charge in [-0.05, 0) is 40.5 Å². The first-order chi connectivity index (χ1) is 9.90. The highest BCUT2D eigenvalue weighted by Crippen LogP contribution is 2.26. The van der Waals surface area contributed by atoms with Crippen LogP contribution in [0.3, 0.4) is 0 Å². The molecule has 0 aliphatic heterocycles. The Morgan fingerprint density at radius 3 is 2.81 bits per heavy atom. The van der Waals surface area contributed by atoms with E-state index in [0.717, 1.165) is 10.0 Å². The zero-order chi connectivity index (χ0) is 15.6. The van der Waals surface area contributed by atoms with E-state index in [4.69, 9.17) is 5.73 Å². The number of aryl methyl sites for hydroxylation is 1. The fourth-order valence-corrected chi connectivity index (χ4v) is 2.20. The number of anilines is 2. The lowest BCUT2D eigenvalue weighted by atomic mass is 10.1. The summed E-state index contributed by atoms with van der Waals surface area (Å²) >= 11 is 3.27. The van der Waals surface area contributed by atoms with Crippen LogP contribution in [0.1, 0.15) is 15.9 Å². The number of nitrogens with two attached hydrogens (primary N) is 1. The van der Waals surface area contributed by atoms with E-state index in [0.29, 0.717) is 5.82 Å². The summed E-state index contributed by atoms with van der Waals surface area (Å²) in [7, 11) is 0. The van der Waals surface area contributed by atoms with Gasteiger partial charge in [-0.2, -0.15) is 0 Å². The molecule has 1 aromatic carbocycles. The number of carbonyl (C=O) groups excluding carboxylic acids is 1. The number of halogens is 1. The number of aromatic nitrogens is 1. The molecule has 0 unspecified atom stereocenters. The smallest absolute Gasteiger partial charge is 0.292 e. The molecule has 1 heterocycles. The van der Waals surface area contributed by atoms with Crippen LogP contribution < -0.4 is 11.1 Å². The summed E-state index contributed by atoms with van der Waals surface area (Å²) in [6, 6.07) is 5.87. The molecule has 2 rings (SSSR count). The lowest BCUT2D eigenvalue weighted by molar-refractivity contribution is -0.383. The third kappa shape index (κ3) is 3.16. The highest BCUT2D eigenvalue weighted by molar-refractivity contribution is 9.10. The van der Waals surface area contributed by atoms with Crippen LogP contribution in [0.25, 0.3) is 0 Å². The van der Waals surface area contributed by atoms with Crippen molar-refractivity contribution in [3.05, 3.63) is 56.2 Å². The summed E-state index contributed by atoms with van der Waals surface area (Å²) in [5.74, 6) is -0.178. The van der Waals surface area contributed by atoms with Crippen LogP contribution in [0.15, 0.2) is 34.9 Å². The zero-order valence-electron chi connectivity index (χ0n) is 11.0. The number of rotatable bonds is 3. The van der Waals surface area contributed by atoms with Gasteiger partial charge in [0.25, 0.3) is 11.6 Å². The molecule has 0 bridgehead atoms. The Balaban J connectivity index is 2.33. The zero-order valence-corrected chi connectivity index (χ0v) is 12.5. The van der Waals surface area contributed by atoms with Crippen molar-refractivity contribution in [1.29, 1.82) is 0 Å². The quantitative estimate of drug-likeness (QED) is 0.502. The number of carbonyl (C=O) groups is 1. The number of hydrogen-bond donors (Lipinski definition) is 2. The Morgan fingerprint density at radius 1 is 1.48 bits per heavy atom. The van der Waals surface area contributed by atoms with Crippen LogP contribution in [0.2, 0.25) is 0 Å². The molecule has 0 radical (unpaired) electrons. The Hall–Kier alpha value is -2.48. The average molecular weight is 351 g/mol. The van der Waals surface area contributed by atoms with Crippen molar-refractivity contribution < 1.29 is 9.72 Å². The second-order valence-corrected chi connectivity index (χ2v) is 5.18. The summed E-state index contributed by atoms with van der Waals surface area (Å²) in [5, 5.41) is 13.4. The topological polar surface area (TPSA) is 111 Å². The summed E-state index contributed by atoms with van der Waals surface area (Å²) < 4.78 is 0.785. The average Bonchev–Trinajstić information content (AvgIpc) is 2.41. The first kappa shape index (κ1) is 14.9. The van der Waals surface area contributed by atoms with E-state index in [1.54, 1.807) is 19.2 Å².